The number of hydrogen-bond acceptors (Lipinski definition) is 4. The van der Waals surface area contributed by atoms with E-state index in [-0.39, 0.29) is 11.9 Å². The molecule has 0 aliphatic carbocycles. The van der Waals surface area contributed by atoms with Gasteiger partial charge in [0.15, 0.2) is 0 Å². The molecule has 0 saturated heterocycles. The molecule has 1 amide bonds. The van der Waals surface area contributed by atoms with Gasteiger partial charge in [-0.15, -0.1) is 0 Å². The molecule has 2 aromatic rings. The molecule has 0 atom stereocenters. The highest BCUT2D eigenvalue weighted by Gasteiger charge is 2.09. The first kappa shape index (κ1) is 20.5. The molecule has 144 valence electrons. The maximum atomic E-state index is 12.3. The maximum absolute atomic E-state index is 12.3. The fourth-order valence-corrected chi connectivity index (χ4v) is 2.53. The Morgan fingerprint density at radius 3 is 2.15 bits per heavy atom. The Morgan fingerprint density at radius 1 is 0.852 bits per heavy atom. The van der Waals surface area contributed by atoms with Gasteiger partial charge in [0.2, 0.25) is 0 Å². The lowest BCUT2D eigenvalue weighted by Crippen LogP contribution is -2.12. The lowest BCUT2D eigenvalue weighted by Gasteiger charge is -2.08. The van der Waals surface area contributed by atoms with Crippen LogP contribution in [-0.4, -0.2) is 25.1 Å². The van der Waals surface area contributed by atoms with Crippen LogP contribution in [0.4, 0.5) is 5.69 Å². The fourth-order valence-electron chi connectivity index (χ4n) is 2.53. The summed E-state index contributed by atoms with van der Waals surface area (Å²) in [5, 5.41) is 2.81. The highest BCUT2D eigenvalue weighted by molar-refractivity contribution is 6.04. The molecule has 2 rings (SSSR count). The maximum Gasteiger partial charge on any atom is 0.338 e. The van der Waals surface area contributed by atoms with E-state index in [4.69, 9.17) is 9.47 Å². The van der Waals surface area contributed by atoms with Crippen molar-refractivity contribution in [1.29, 1.82) is 0 Å². The number of anilines is 1. The van der Waals surface area contributed by atoms with Gasteiger partial charge in [-0.3, -0.25) is 4.79 Å². The third-order valence-corrected chi connectivity index (χ3v) is 4.04. The van der Waals surface area contributed by atoms with E-state index in [1.165, 1.54) is 19.3 Å². The summed E-state index contributed by atoms with van der Waals surface area (Å²) < 4.78 is 10.6. The molecule has 0 bridgehead atoms. The SMILES string of the molecule is CCCCCCOc1ccc(C(=O)Nc2ccc(C(=O)OCC)cc2)cc1. The van der Waals surface area contributed by atoms with Crippen molar-refractivity contribution in [3.05, 3.63) is 59.7 Å². The Hall–Kier alpha value is -2.82. The number of amides is 1. The summed E-state index contributed by atoms with van der Waals surface area (Å²) in [6.45, 7) is 4.96. The van der Waals surface area contributed by atoms with Gasteiger partial charge < -0.3 is 14.8 Å². The van der Waals surface area contributed by atoms with Crippen LogP contribution >= 0.6 is 0 Å². The van der Waals surface area contributed by atoms with Gasteiger partial charge in [-0.2, -0.15) is 0 Å². The number of hydrogen-bond donors (Lipinski definition) is 1. The summed E-state index contributed by atoms with van der Waals surface area (Å²) >= 11 is 0. The van der Waals surface area contributed by atoms with Crippen molar-refractivity contribution in [2.75, 3.05) is 18.5 Å². The molecule has 0 spiro atoms. The molecule has 5 nitrogen and oxygen atoms in total. The molecular formula is C22H27NO4. The molecule has 2 aromatic carbocycles. The number of benzene rings is 2. The van der Waals surface area contributed by atoms with Gasteiger partial charge in [-0.25, -0.2) is 4.79 Å². The van der Waals surface area contributed by atoms with E-state index in [9.17, 15) is 9.59 Å². The molecule has 0 fully saturated rings. The topological polar surface area (TPSA) is 64.6 Å². The van der Waals surface area contributed by atoms with Gasteiger partial charge >= 0.3 is 5.97 Å². The molecule has 5 heteroatoms. The number of esters is 1. The van der Waals surface area contributed by atoms with Crippen LogP contribution in [-0.2, 0) is 4.74 Å². The summed E-state index contributed by atoms with van der Waals surface area (Å²) in [5.74, 6) is 0.177. The van der Waals surface area contributed by atoms with Crippen LogP contribution in [0.25, 0.3) is 0 Å². The minimum Gasteiger partial charge on any atom is -0.494 e. The van der Waals surface area contributed by atoms with Crippen molar-refractivity contribution in [3.8, 4) is 5.75 Å². The molecule has 0 aliphatic rings. The first-order chi connectivity index (χ1) is 13.1. The average Bonchev–Trinajstić information content (AvgIpc) is 2.69. The summed E-state index contributed by atoms with van der Waals surface area (Å²) in [4.78, 5) is 24.0. The van der Waals surface area contributed by atoms with E-state index in [0.717, 1.165) is 12.2 Å². The number of carbonyl (C=O) groups excluding carboxylic acids is 2. The molecule has 1 N–H and O–H groups in total. The molecule has 0 saturated carbocycles. The minimum atomic E-state index is -0.374. The average molecular weight is 369 g/mol. The Labute approximate surface area is 160 Å². The van der Waals surface area contributed by atoms with E-state index < -0.39 is 0 Å². The van der Waals surface area contributed by atoms with Crippen molar-refractivity contribution in [3.63, 3.8) is 0 Å². The molecule has 0 aliphatic heterocycles. The summed E-state index contributed by atoms with van der Waals surface area (Å²) in [7, 11) is 0. The van der Waals surface area contributed by atoms with Crippen LogP contribution in [0.1, 0.15) is 60.2 Å². The van der Waals surface area contributed by atoms with Gasteiger partial charge in [0.1, 0.15) is 5.75 Å². The molecule has 0 heterocycles. The third kappa shape index (κ3) is 6.77. The zero-order valence-corrected chi connectivity index (χ0v) is 16.0. The van der Waals surface area contributed by atoms with Crippen LogP contribution in [0.15, 0.2) is 48.5 Å². The molecule has 27 heavy (non-hydrogen) atoms. The normalized spacial score (nSPS) is 10.3. The van der Waals surface area contributed by atoms with E-state index in [2.05, 4.69) is 12.2 Å². The largest absolute Gasteiger partial charge is 0.494 e. The Bertz CT molecular complexity index is 723. The van der Waals surface area contributed by atoms with Crippen LogP contribution in [0, 0.1) is 0 Å². The smallest absolute Gasteiger partial charge is 0.338 e. The van der Waals surface area contributed by atoms with Crippen molar-refractivity contribution in [1.82, 2.24) is 0 Å². The molecule has 0 radical (unpaired) electrons. The Kier molecular flexibility index (Phi) is 8.36. The van der Waals surface area contributed by atoms with Crippen LogP contribution in [0.5, 0.6) is 5.75 Å². The van der Waals surface area contributed by atoms with Gasteiger partial charge in [0.05, 0.1) is 18.8 Å². The van der Waals surface area contributed by atoms with E-state index >= 15 is 0 Å². The zero-order chi connectivity index (χ0) is 19.5. The number of nitrogens with one attached hydrogen (secondary N) is 1. The predicted octanol–water partition coefficient (Wildman–Crippen LogP) is 5.07. The van der Waals surface area contributed by atoms with Crippen LogP contribution < -0.4 is 10.1 Å². The molecule has 0 unspecified atom stereocenters. The van der Waals surface area contributed by atoms with E-state index in [1.54, 1.807) is 55.5 Å². The fraction of sp³-hybridized carbons (Fsp3) is 0.364. The van der Waals surface area contributed by atoms with Crippen molar-refractivity contribution >= 4 is 17.6 Å². The van der Waals surface area contributed by atoms with Crippen LogP contribution in [0.3, 0.4) is 0 Å². The first-order valence-corrected chi connectivity index (χ1v) is 9.45. The zero-order valence-electron chi connectivity index (χ0n) is 16.0. The highest BCUT2D eigenvalue weighted by Crippen LogP contribution is 2.16. The number of rotatable bonds is 10. The van der Waals surface area contributed by atoms with Crippen molar-refractivity contribution in [2.45, 2.75) is 39.5 Å². The van der Waals surface area contributed by atoms with E-state index in [0.29, 0.717) is 30.0 Å². The van der Waals surface area contributed by atoms with Gasteiger partial charge in [0.25, 0.3) is 5.91 Å². The first-order valence-electron chi connectivity index (χ1n) is 9.45. The van der Waals surface area contributed by atoms with E-state index in [1.807, 2.05) is 0 Å². The van der Waals surface area contributed by atoms with Crippen molar-refractivity contribution in [2.24, 2.45) is 0 Å². The quantitative estimate of drug-likeness (QED) is 0.469. The highest BCUT2D eigenvalue weighted by atomic mass is 16.5. The standard InChI is InChI=1S/C22H27NO4/c1-3-5-6-7-16-27-20-14-10-17(11-15-20)21(24)23-19-12-8-18(9-13-19)22(25)26-4-2/h8-15H,3-7,16H2,1-2H3,(H,23,24). The number of carbonyl (C=O) groups is 2. The Morgan fingerprint density at radius 2 is 1.52 bits per heavy atom. The molecule has 0 aromatic heterocycles. The minimum absolute atomic E-state index is 0.214. The monoisotopic (exact) mass is 369 g/mol. The van der Waals surface area contributed by atoms with Gasteiger partial charge in [0, 0.05) is 11.3 Å². The lowest BCUT2D eigenvalue weighted by atomic mass is 10.1. The number of unbranched alkanes of at least 4 members (excludes halogenated alkanes) is 3. The predicted molar refractivity (Wildman–Crippen MR) is 106 cm³/mol. The van der Waals surface area contributed by atoms with Gasteiger partial charge in [-0.05, 0) is 61.9 Å². The molecular weight excluding hydrogens is 342 g/mol. The summed E-state index contributed by atoms with van der Waals surface area (Å²) in [6, 6.07) is 13.7. The second-order valence-corrected chi connectivity index (χ2v) is 6.19. The van der Waals surface area contributed by atoms with Crippen molar-refractivity contribution < 1.29 is 19.1 Å². The number of ether oxygens (including phenoxy) is 2. The summed E-state index contributed by atoms with van der Waals surface area (Å²) in [6.07, 6.45) is 4.64. The Balaban J connectivity index is 1.85. The third-order valence-electron chi connectivity index (χ3n) is 4.04. The van der Waals surface area contributed by atoms with Crippen LogP contribution in [0.2, 0.25) is 0 Å². The second kappa shape index (κ2) is 11.0. The van der Waals surface area contributed by atoms with Gasteiger partial charge in [-0.1, -0.05) is 26.2 Å². The summed E-state index contributed by atoms with van der Waals surface area (Å²) in [5.41, 5.74) is 1.61. The second-order valence-electron chi connectivity index (χ2n) is 6.19. The lowest BCUT2D eigenvalue weighted by molar-refractivity contribution is 0.0526.